The second-order valence-electron chi connectivity index (χ2n) is 7.74. The van der Waals surface area contributed by atoms with Crippen molar-refractivity contribution in [1.29, 1.82) is 0 Å². The largest absolute Gasteiger partial charge is 0.444 e. The number of likely N-dealkylation sites (N-methyl/N-ethyl adjacent to an activating group) is 1. The molecule has 1 aromatic heterocycles. The monoisotopic (exact) mass is 370 g/mol. The molecule has 142 valence electrons. The SMILES string of the molecule is CCn1nc(C)c(Cl)c1CC(NC)C1CCN(C(=O)OC(C)(C)C)C1. The van der Waals surface area contributed by atoms with Gasteiger partial charge in [-0.1, -0.05) is 11.6 Å². The molecule has 0 saturated carbocycles. The van der Waals surface area contributed by atoms with E-state index < -0.39 is 5.60 Å². The van der Waals surface area contributed by atoms with Gasteiger partial charge in [0.1, 0.15) is 5.60 Å². The Labute approximate surface area is 155 Å². The van der Waals surface area contributed by atoms with Gasteiger partial charge in [-0.25, -0.2) is 4.79 Å². The van der Waals surface area contributed by atoms with Gasteiger partial charge in [-0.2, -0.15) is 5.10 Å². The Morgan fingerprint density at radius 3 is 2.72 bits per heavy atom. The van der Waals surface area contributed by atoms with Gasteiger partial charge in [0, 0.05) is 32.1 Å². The second kappa shape index (κ2) is 7.96. The van der Waals surface area contributed by atoms with E-state index in [1.165, 1.54) is 0 Å². The maximum atomic E-state index is 12.3. The minimum Gasteiger partial charge on any atom is -0.444 e. The van der Waals surface area contributed by atoms with Crippen LogP contribution in [0.4, 0.5) is 4.79 Å². The topological polar surface area (TPSA) is 59.4 Å². The van der Waals surface area contributed by atoms with E-state index in [-0.39, 0.29) is 12.1 Å². The van der Waals surface area contributed by atoms with E-state index in [0.29, 0.717) is 12.5 Å². The number of likely N-dealkylation sites (tertiary alicyclic amines) is 1. The first kappa shape index (κ1) is 20.0. The number of aryl methyl sites for hydroxylation is 2. The van der Waals surface area contributed by atoms with Crippen LogP contribution in [0.15, 0.2) is 0 Å². The molecule has 2 heterocycles. The van der Waals surface area contributed by atoms with Crippen molar-refractivity contribution >= 4 is 17.7 Å². The van der Waals surface area contributed by atoms with E-state index in [1.54, 1.807) is 0 Å². The normalized spacial score (nSPS) is 19.3. The Morgan fingerprint density at radius 2 is 2.16 bits per heavy atom. The van der Waals surface area contributed by atoms with E-state index in [0.717, 1.165) is 42.3 Å². The average molecular weight is 371 g/mol. The number of rotatable bonds is 5. The number of carbonyl (C=O) groups is 1. The molecule has 1 aliphatic rings. The van der Waals surface area contributed by atoms with Crippen LogP contribution >= 0.6 is 11.6 Å². The lowest BCUT2D eigenvalue weighted by Crippen LogP contribution is -2.40. The molecule has 25 heavy (non-hydrogen) atoms. The number of carbonyl (C=O) groups excluding carboxylic acids is 1. The van der Waals surface area contributed by atoms with Crippen LogP contribution in [0.3, 0.4) is 0 Å². The molecule has 2 unspecified atom stereocenters. The highest BCUT2D eigenvalue weighted by molar-refractivity contribution is 6.31. The number of ether oxygens (including phenoxy) is 1. The number of halogens is 1. The Balaban J connectivity index is 2.04. The van der Waals surface area contributed by atoms with Crippen molar-refractivity contribution in [2.75, 3.05) is 20.1 Å². The fourth-order valence-electron chi connectivity index (χ4n) is 3.38. The lowest BCUT2D eigenvalue weighted by molar-refractivity contribution is 0.0285. The van der Waals surface area contributed by atoms with Crippen LogP contribution in [0.5, 0.6) is 0 Å². The summed E-state index contributed by atoms with van der Waals surface area (Å²) in [5.41, 5.74) is 1.47. The Hall–Kier alpha value is -1.27. The standard InChI is InChI=1S/C18H31ClN4O2/c1-7-23-15(16(19)12(2)21-23)10-14(20-6)13-8-9-22(11-13)17(24)25-18(3,4)5/h13-14,20H,7-11H2,1-6H3. The lowest BCUT2D eigenvalue weighted by Gasteiger charge is -2.26. The summed E-state index contributed by atoms with van der Waals surface area (Å²) in [5.74, 6) is 0.370. The van der Waals surface area contributed by atoms with Crippen LogP contribution in [-0.4, -0.2) is 52.6 Å². The van der Waals surface area contributed by atoms with Gasteiger partial charge >= 0.3 is 6.09 Å². The third-order valence-corrected chi connectivity index (χ3v) is 5.17. The van der Waals surface area contributed by atoms with Crippen LogP contribution in [-0.2, 0) is 17.7 Å². The highest BCUT2D eigenvalue weighted by Gasteiger charge is 2.34. The number of nitrogens with zero attached hydrogens (tertiary/aromatic N) is 3. The number of aromatic nitrogens is 2. The molecule has 1 aliphatic heterocycles. The predicted molar refractivity (Wildman–Crippen MR) is 100 cm³/mol. The van der Waals surface area contributed by atoms with Gasteiger partial charge in [0.15, 0.2) is 0 Å². The van der Waals surface area contributed by atoms with Crippen molar-refractivity contribution in [1.82, 2.24) is 20.0 Å². The predicted octanol–water partition coefficient (Wildman–Crippen LogP) is 3.25. The maximum Gasteiger partial charge on any atom is 0.410 e. The Bertz CT molecular complexity index is 609. The van der Waals surface area contributed by atoms with Gasteiger partial charge in [0.25, 0.3) is 0 Å². The molecular weight excluding hydrogens is 340 g/mol. The Kier molecular flexibility index (Phi) is 6.38. The first-order chi connectivity index (χ1) is 11.7. The maximum absolute atomic E-state index is 12.3. The zero-order valence-electron chi connectivity index (χ0n) is 16.2. The first-order valence-corrected chi connectivity index (χ1v) is 9.41. The molecule has 0 bridgehead atoms. The number of hydrogen-bond acceptors (Lipinski definition) is 4. The highest BCUT2D eigenvalue weighted by atomic mass is 35.5. The van der Waals surface area contributed by atoms with Gasteiger partial charge < -0.3 is 15.0 Å². The van der Waals surface area contributed by atoms with E-state index in [4.69, 9.17) is 16.3 Å². The Morgan fingerprint density at radius 1 is 1.48 bits per heavy atom. The number of amides is 1. The van der Waals surface area contributed by atoms with Gasteiger partial charge in [0.05, 0.1) is 16.4 Å². The molecule has 0 radical (unpaired) electrons. The fraction of sp³-hybridized carbons (Fsp3) is 0.778. The molecule has 0 aromatic carbocycles. The minimum absolute atomic E-state index is 0.225. The molecule has 1 fully saturated rings. The third-order valence-electron chi connectivity index (χ3n) is 4.68. The van der Waals surface area contributed by atoms with Gasteiger partial charge in [0.2, 0.25) is 0 Å². The molecule has 7 heteroatoms. The van der Waals surface area contributed by atoms with E-state index in [1.807, 2.05) is 44.3 Å². The van der Waals surface area contributed by atoms with E-state index in [2.05, 4.69) is 17.3 Å². The molecule has 2 atom stereocenters. The smallest absolute Gasteiger partial charge is 0.410 e. The van der Waals surface area contributed by atoms with E-state index >= 15 is 0 Å². The summed E-state index contributed by atoms with van der Waals surface area (Å²) in [6.45, 7) is 11.9. The third kappa shape index (κ3) is 4.88. The van der Waals surface area contributed by atoms with Crippen LogP contribution in [0.25, 0.3) is 0 Å². The van der Waals surface area contributed by atoms with Crippen molar-refractivity contribution in [3.8, 4) is 0 Å². The summed E-state index contributed by atoms with van der Waals surface area (Å²) in [4.78, 5) is 14.1. The van der Waals surface area contributed by atoms with E-state index in [9.17, 15) is 4.79 Å². The summed E-state index contributed by atoms with van der Waals surface area (Å²) in [5, 5.41) is 8.66. The molecule has 1 aromatic rings. The zero-order valence-corrected chi connectivity index (χ0v) is 17.0. The number of nitrogens with one attached hydrogen (secondary N) is 1. The molecule has 2 rings (SSSR count). The molecule has 1 N–H and O–H groups in total. The van der Waals surface area contributed by atoms with Gasteiger partial charge in [-0.15, -0.1) is 0 Å². The minimum atomic E-state index is -0.462. The second-order valence-corrected chi connectivity index (χ2v) is 8.11. The summed E-state index contributed by atoms with van der Waals surface area (Å²) >= 11 is 6.46. The molecule has 0 aliphatic carbocycles. The number of hydrogen-bond donors (Lipinski definition) is 1. The molecule has 0 spiro atoms. The summed E-state index contributed by atoms with van der Waals surface area (Å²) in [6.07, 6.45) is 1.54. The van der Waals surface area contributed by atoms with Crippen molar-refractivity contribution in [3.05, 3.63) is 16.4 Å². The van der Waals surface area contributed by atoms with Crippen LogP contribution in [0, 0.1) is 12.8 Å². The van der Waals surface area contributed by atoms with Crippen LogP contribution in [0.2, 0.25) is 5.02 Å². The summed E-state index contributed by atoms with van der Waals surface area (Å²) < 4.78 is 7.47. The van der Waals surface area contributed by atoms with Crippen molar-refractivity contribution in [2.45, 2.75) is 65.6 Å². The van der Waals surface area contributed by atoms with Crippen molar-refractivity contribution in [2.24, 2.45) is 5.92 Å². The van der Waals surface area contributed by atoms with Crippen LogP contribution in [0.1, 0.15) is 45.5 Å². The van der Waals surface area contributed by atoms with Gasteiger partial charge in [-0.3, -0.25) is 4.68 Å². The van der Waals surface area contributed by atoms with Crippen molar-refractivity contribution in [3.63, 3.8) is 0 Å². The molecular formula is C18H31ClN4O2. The molecule has 1 saturated heterocycles. The molecule has 1 amide bonds. The fourth-order valence-corrected chi connectivity index (χ4v) is 3.60. The average Bonchev–Trinajstić information content (AvgIpc) is 3.10. The lowest BCUT2D eigenvalue weighted by atomic mass is 9.94. The van der Waals surface area contributed by atoms with Crippen LogP contribution < -0.4 is 5.32 Å². The molecule has 6 nitrogen and oxygen atoms in total. The summed E-state index contributed by atoms with van der Waals surface area (Å²) in [6, 6.07) is 0.242. The van der Waals surface area contributed by atoms with Gasteiger partial charge in [-0.05, 0) is 54.0 Å². The zero-order chi connectivity index (χ0) is 18.8. The highest BCUT2D eigenvalue weighted by Crippen LogP contribution is 2.27. The quantitative estimate of drug-likeness (QED) is 0.864. The first-order valence-electron chi connectivity index (χ1n) is 9.03. The summed E-state index contributed by atoms with van der Waals surface area (Å²) in [7, 11) is 1.97. The van der Waals surface area contributed by atoms with Crippen molar-refractivity contribution < 1.29 is 9.53 Å².